The van der Waals surface area contributed by atoms with E-state index in [1.54, 1.807) is 18.2 Å². The van der Waals surface area contributed by atoms with Gasteiger partial charge in [-0.05, 0) is 30.7 Å². The standard InChI is InChI=1S/C21H20N2O4S/c1-14-10-17(27-12-20(25)26-2)8-9-18(14)23-19(24)11-16-13-28-21(22-16)15-6-4-3-5-7-15/h3-10,13H,11-12H2,1-2H3,(H,23,24). The fraction of sp³-hybridized carbons (Fsp3) is 0.190. The quantitative estimate of drug-likeness (QED) is 0.614. The van der Waals surface area contributed by atoms with Crippen molar-refractivity contribution in [3.8, 4) is 16.3 Å². The van der Waals surface area contributed by atoms with Gasteiger partial charge in [-0.25, -0.2) is 9.78 Å². The highest BCUT2D eigenvalue weighted by atomic mass is 32.1. The van der Waals surface area contributed by atoms with Gasteiger partial charge in [0, 0.05) is 16.6 Å². The maximum absolute atomic E-state index is 12.4. The number of carbonyl (C=O) groups excluding carboxylic acids is 2. The first kappa shape index (κ1) is 19.6. The first-order chi connectivity index (χ1) is 13.5. The number of hydrogen-bond donors (Lipinski definition) is 1. The van der Waals surface area contributed by atoms with Crippen molar-refractivity contribution in [2.24, 2.45) is 0 Å². The summed E-state index contributed by atoms with van der Waals surface area (Å²) in [6, 6.07) is 15.1. The largest absolute Gasteiger partial charge is 0.482 e. The summed E-state index contributed by atoms with van der Waals surface area (Å²) < 4.78 is 9.88. The molecular formula is C21H20N2O4S. The summed E-state index contributed by atoms with van der Waals surface area (Å²) in [5.74, 6) is -0.0580. The molecule has 7 heteroatoms. The van der Waals surface area contributed by atoms with E-state index < -0.39 is 5.97 Å². The summed E-state index contributed by atoms with van der Waals surface area (Å²) in [6.07, 6.45) is 0.198. The lowest BCUT2D eigenvalue weighted by Gasteiger charge is -2.10. The summed E-state index contributed by atoms with van der Waals surface area (Å²) in [4.78, 5) is 28.1. The van der Waals surface area contributed by atoms with Gasteiger partial charge in [0.25, 0.3) is 0 Å². The number of rotatable bonds is 7. The molecule has 1 N–H and O–H groups in total. The van der Waals surface area contributed by atoms with Gasteiger partial charge in [0.1, 0.15) is 10.8 Å². The first-order valence-electron chi connectivity index (χ1n) is 8.65. The SMILES string of the molecule is COC(=O)COc1ccc(NC(=O)Cc2csc(-c3ccccc3)n2)c(C)c1. The normalized spacial score (nSPS) is 10.4. The zero-order chi connectivity index (χ0) is 19.9. The van der Waals surface area contributed by atoms with Gasteiger partial charge < -0.3 is 14.8 Å². The van der Waals surface area contributed by atoms with Gasteiger partial charge in [-0.15, -0.1) is 11.3 Å². The molecule has 0 aliphatic carbocycles. The second-order valence-electron chi connectivity index (χ2n) is 6.08. The van der Waals surface area contributed by atoms with Crippen LogP contribution in [-0.2, 0) is 20.7 Å². The van der Waals surface area contributed by atoms with Gasteiger partial charge in [0.05, 0.1) is 19.2 Å². The highest BCUT2D eigenvalue weighted by Gasteiger charge is 2.11. The van der Waals surface area contributed by atoms with E-state index in [-0.39, 0.29) is 18.9 Å². The summed E-state index contributed by atoms with van der Waals surface area (Å²) in [5, 5.41) is 5.69. The molecular weight excluding hydrogens is 376 g/mol. The number of nitrogens with zero attached hydrogens (tertiary/aromatic N) is 1. The molecule has 0 saturated carbocycles. The maximum atomic E-state index is 12.4. The third-order valence-electron chi connectivity index (χ3n) is 3.97. The average Bonchev–Trinajstić information content (AvgIpc) is 3.17. The molecule has 0 aliphatic rings. The van der Waals surface area contributed by atoms with E-state index in [1.165, 1.54) is 18.4 Å². The van der Waals surface area contributed by atoms with Crippen molar-refractivity contribution in [2.75, 3.05) is 19.0 Å². The zero-order valence-electron chi connectivity index (χ0n) is 15.6. The van der Waals surface area contributed by atoms with Crippen LogP contribution in [0.3, 0.4) is 0 Å². The molecule has 0 unspecified atom stereocenters. The Kier molecular flexibility index (Phi) is 6.39. The Morgan fingerprint density at radius 1 is 1.14 bits per heavy atom. The Morgan fingerprint density at radius 3 is 2.64 bits per heavy atom. The molecule has 0 aliphatic heterocycles. The number of thiazole rings is 1. The minimum Gasteiger partial charge on any atom is -0.482 e. The molecule has 0 fully saturated rings. The molecule has 6 nitrogen and oxygen atoms in total. The smallest absolute Gasteiger partial charge is 0.343 e. The molecule has 1 amide bonds. The lowest BCUT2D eigenvalue weighted by molar-refractivity contribution is -0.142. The Morgan fingerprint density at radius 2 is 1.93 bits per heavy atom. The van der Waals surface area contributed by atoms with Crippen LogP contribution in [0.25, 0.3) is 10.6 Å². The third kappa shape index (κ3) is 5.17. The van der Waals surface area contributed by atoms with Crippen LogP contribution >= 0.6 is 11.3 Å². The predicted molar refractivity (Wildman–Crippen MR) is 109 cm³/mol. The molecule has 2 aromatic carbocycles. The first-order valence-corrected chi connectivity index (χ1v) is 9.53. The van der Waals surface area contributed by atoms with E-state index in [0.29, 0.717) is 11.4 Å². The lowest BCUT2D eigenvalue weighted by atomic mass is 10.2. The summed E-state index contributed by atoms with van der Waals surface area (Å²) >= 11 is 1.52. The molecule has 1 heterocycles. The number of aromatic nitrogens is 1. The number of ether oxygens (including phenoxy) is 2. The number of anilines is 1. The van der Waals surface area contributed by atoms with Crippen LogP contribution in [0.4, 0.5) is 5.69 Å². The van der Waals surface area contributed by atoms with Crippen molar-refractivity contribution in [1.82, 2.24) is 4.98 Å². The zero-order valence-corrected chi connectivity index (χ0v) is 16.4. The van der Waals surface area contributed by atoms with Crippen LogP contribution in [0, 0.1) is 6.92 Å². The van der Waals surface area contributed by atoms with Gasteiger partial charge in [-0.2, -0.15) is 0 Å². The van der Waals surface area contributed by atoms with Crippen molar-refractivity contribution in [1.29, 1.82) is 0 Å². The number of carbonyl (C=O) groups is 2. The lowest BCUT2D eigenvalue weighted by Crippen LogP contribution is -2.16. The van der Waals surface area contributed by atoms with Crippen molar-refractivity contribution in [3.05, 3.63) is 65.2 Å². The molecule has 0 radical (unpaired) electrons. The number of methoxy groups -OCH3 is 1. The van der Waals surface area contributed by atoms with E-state index in [1.807, 2.05) is 42.6 Å². The Bertz CT molecular complexity index is 970. The second kappa shape index (κ2) is 9.14. The van der Waals surface area contributed by atoms with E-state index in [9.17, 15) is 9.59 Å². The minimum absolute atomic E-state index is 0.142. The average molecular weight is 396 g/mol. The van der Waals surface area contributed by atoms with E-state index in [4.69, 9.17) is 4.74 Å². The van der Waals surface area contributed by atoms with Crippen LogP contribution in [0.15, 0.2) is 53.9 Å². The fourth-order valence-corrected chi connectivity index (χ4v) is 3.35. The van der Waals surface area contributed by atoms with Crippen molar-refractivity contribution in [2.45, 2.75) is 13.3 Å². The molecule has 1 aromatic heterocycles. The number of esters is 1. The topological polar surface area (TPSA) is 77.5 Å². The van der Waals surface area contributed by atoms with Crippen molar-refractivity contribution >= 4 is 28.9 Å². The fourth-order valence-electron chi connectivity index (χ4n) is 2.53. The second-order valence-corrected chi connectivity index (χ2v) is 6.93. The van der Waals surface area contributed by atoms with Crippen molar-refractivity contribution < 1.29 is 19.1 Å². The number of hydrogen-bond acceptors (Lipinski definition) is 6. The van der Waals surface area contributed by atoms with Crippen LogP contribution in [-0.4, -0.2) is 30.6 Å². The monoisotopic (exact) mass is 396 g/mol. The van der Waals surface area contributed by atoms with Crippen LogP contribution in [0.5, 0.6) is 5.75 Å². The Labute approximate surface area is 167 Å². The minimum atomic E-state index is -0.451. The van der Waals surface area contributed by atoms with E-state index >= 15 is 0 Å². The van der Waals surface area contributed by atoms with Gasteiger partial charge in [-0.1, -0.05) is 30.3 Å². The van der Waals surface area contributed by atoms with Gasteiger partial charge in [-0.3, -0.25) is 4.79 Å². The highest BCUT2D eigenvalue weighted by Crippen LogP contribution is 2.24. The molecule has 28 heavy (non-hydrogen) atoms. The third-order valence-corrected chi connectivity index (χ3v) is 4.91. The number of aryl methyl sites for hydroxylation is 1. The molecule has 0 saturated heterocycles. The van der Waals surface area contributed by atoms with Crippen molar-refractivity contribution in [3.63, 3.8) is 0 Å². The Hall–Kier alpha value is -3.19. The highest BCUT2D eigenvalue weighted by molar-refractivity contribution is 7.13. The molecule has 3 rings (SSSR count). The summed E-state index contributed by atoms with van der Waals surface area (Å²) in [5.41, 5.74) is 3.29. The Balaban J connectivity index is 1.59. The molecule has 3 aromatic rings. The van der Waals surface area contributed by atoms with Crippen LogP contribution in [0.2, 0.25) is 0 Å². The molecule has 0 spiro atoms. The summed E-state index contributed by atoms with van der Waals surface area (Å²) in [7, 11) is 1.31. The number of nitrogens with one attached hydrogen (secondary N) is 1. The van der Waals surface area contributed by atoms with Gasteiger partial charge in [0.2, 0.25) is 5.91 Å². The molecule has 0 atom stereocenters. The van der Waals surface area contributed by atoms with Gasteiger partial charge in [0.15, 0.2) is 6.61 Å². The van der Waals surface area contributed by atoms with Gasteiger partial charge >= 0.3 is 5.97 Å². The van der Waals surface area contributed by atoms with Crippen LogP contribution in [0.1, 0.15) is 11.3 Å². The number of benzene rings is 2. The molecule has 144 valence electrons. The van der Waals surface area contributed by atoms with E-state index in [2.05, 4.69) is 15.0 Å². The predicted octanol–water partition coefficient (Wildman–Crippen LogP) is 3.85. The molecule has 0 bridgehead atoms. The summed E-state index contributed by atoms with van der Waals surface area (Å²) in [6.45, 7) is 1.70. The van der Waals surface area contributed by atoms with E-state index in [0.717, 1.165) is 21.8 Å². The maximum Gasteiger partial charge on any atom is 0.343 e. The van der Waals surface area contributed by atoms with Crippen LogP contribution < -0.4 is 10.1 Å². The number of amides is 1.